The van der Waals surface area contributed by atoms with Crippen LogP contribution in [0.3, 0.4) is 0 Å². The predicted octanol–water partition coefficient (Wildman–Crippen LogP) is 3.64. The van der Waals surface area contributed by atoms with Crippen molar-refractivity contribution in [1.82, 2.24) is 15.3 Å². The maximum atomic E-state index is 12.5. The molecule has 7 heteroatoms. The predicted molar refractivity (Wildman–Crippen MR) is 110 cm³/mol. The number of carbonyl (C=O) groups is 2. The number of nitrogens with zero attached hydrogens (tertiary/aromatic N) is 2. The van der Waals surface area contributed by atoms with Crippen molar-refractivity contribution in [1.29, 1.82) is 0 Å². The number of amides is 1. The van der Waals surface area contributed by atoms with E-state index in [-0.39, 0.29) is 24.2 Å². The smallest absolute Gasteiger partial charge is 0.340 e. The van der Waals surface area contributed by atoms with Gasteiger partial charge in [0, 0.05) is 12.7 Å². The molecular formula is C22H22N4O3. The number of hydrogen-bond acceptors (Lipinski definition) is 6. The summed E-state index contributed by atoms with van der Waals surface area (Å²) in [6.07, 6.45) is 1.49. The highest BCUT2D eigenvalue weighted by atomic mass is 16.5. The lowest BCUT2D eigenvalue weighted by Crippen LogP contribution is -2.24. The summed E-state index contributed by atoms with van der Waals surface area (Å²) < 4.78 is 5.07. The molecule has 148 valence electrons. The van der Waals surface area contributed by atoms with Gasteiger partial charge < -0.3 is 15.4 Å². The minimum Gasteiger partial charge on any atom is -0.462 e. The Morgan fingerprint density at radius 1 is 1.03 bits per heavy atom. The zero-order valence-corrected chi connectivity index (χ0v) is 16.3. The molecule has 3 aromatic rings. The molecule has 2 N–H and O–H groups in total. The Kier molecular flexibility index (Phi) is 6.52. The fourth-order valence-corrected chi connectivity index (χ4v) is 2.72. The number of nitrogens with one attached hydrogen (secondary N) is 2. The number of para-hydroxylation sites is 1. The number of aromatic nitrogens is 2. The molecule has 0 aliphatic carbocycles. The summed E-state index contributed by atoms with van der Waals surface area (Å²) in [5, 5.41) is 5.85. The quantitative estimate of drug-likeness (QED) is 0.599. The summed E-state index contributed by atoms with van der Waals surface area (Å²) in [6.45, 7) is 4.43. The van der Waals surface area contributed by atoms with Gasteiger partial charge in [0.15, 0.2) is 0 Å². The lowest BCUT2D eigenvalue weighted by molar-refractivity contribution is 0.0527. The van der Waals surface area contributed by atoms with E-state index in [1.54, 1.807) is 31.2 Å². The number of benzene rings is 2. The standard InChI is InChI=1S/C22H22N4O3/c1-3-29-21(28)17-10-6-7-11-18(17)25-22-23-13-12-19(26-22)20(27)24-14-16-9-5-4-8-15(16)2/h4-13H,3,14H2,1-2H3,(H,24,27)(H,23,25,26). The Morgan fingerprint density at radius 2 is 1.79 bits per heavy atom. The molecule has 0 saturated carbocycles. The molecule has 0 fully saturated rings. The van der Waals surface area contributed by atoms with E-state index in [2.05, 4.69) is 20.6 Å². The van der Waals surface area contributed by atoms with E-state index in [4.69, 9.17) is 4.74 Å². The largest absolute Gasteiger partial charge is 0.462 e. The third kappa shape index (κ3) is 5.16. The highest BCUT2D eigenvalue weighted by molar-refractivity contribution is 5.96. The van der Waals surface area contributed by atoms with Gasteiger partial charge in [0.05, 0.1) is 17.9 Å². The zero-order valence-electron chi connectivity index (χ0n) is 16.3. The second-order valence-electron chi connectivity index (χ2n) is 6.27. The molecule has 1 aromatic heterocycles. The summed E-state index contributed by atoms with van der Waals surface area (Å²) in [5.41, 5.74) is 3.24. The number of rotatable bonds is 7. The summed E-state index contributed by atoms with van der Waals surface area (Å²) in [6, 6.07) is 16.3. The molecule has 0 unspecified atom stereocenters. The van der Waals surface area contributed by atoms with Crippen LogP contribution in [0.4, 0.5) is 11.6 Å². The molecule has 7 nitrogen and oxygen atoms in total. The second-order valence-corrected chi connectivity index (χ2v) is 6.27. The van der Waals surface area contributed by atoms with E-state index in [1.807, 2.05) is 31.2 Å². The molecule has 0 aliphatic heterocycles. The van der Waals surface area contributed by atoms with Gasteiger partial charge in [-0.1, -0.05) is 36.4 Å². The Bertz CT molecular complexity index is 1020. The highest BCUT2D eigenvalue weighted by Gasteiger charge is 2.14. The average Bonchev–Trinajstić information content (AvgIpc) is 2.74. The summed E-state index contributed by atoms with van der Waals surface area (Å²) in [7, 11) is 0. The van der Waals surface area contributed by atoms with Crippen LogP contribution < -0.4 is 10.6 Å². The molecule has 0 atom stereocenters. The van der Waals surface area contributed by atoms with Crippen molar-refractivity contribution in [3.8, 4) is 0 Å². The van der Waals surface area contributed by atoms with Crippen molar-refractivity contribution in [2.45, 2.75) is 20.4 Å². The molecule has 0 aliphatic rings. The highest BCUT2D eigenvalue weighted by Crippen LogP contribution is 2.19. The van der Waals surface area contributed by atoms with Gasteiger partial charge in [-0.2, -0.15) is 0 Å². The molecular weight excluding hydrogens is 368 g/mol. The summed E-state index contributed by atoms with van der Waals surface area (Å²) in [4.78, 5) is 33.0. The van der Waals surface area contributed by atoms with Gasteiger partial charge in [-0.15, -0.1) is 0 Å². The van der Waals surface area contributed by atoms with Crippen molar-refractivity contribution in [2.75, 3.05) is 11.9 Å². The molecule has 2 aromatic carbocycles. The minimum absolute atomic E-state index is 0.213. The van der Waals surface area contributed by atoms with E-state index in [9.17, 15) is 9.59 Å². The summed E-state index contributed by atoms with van der Waals surface area (Å²) >= 11 is 0. The summed E-state index contributed by atoms with van der Waals surface area (Å²) in [5.74, 6) is -0.537. The monoisotopic (exact) mass is 390 g/mol. The Hall–Kier alpha value is -3.74. The van der Waals surface area contributed by atoms with Crippen LogP contribution in [0.25, 0.3) is 0 Å². The lowest BCUT2D eigenvalue weighted by atomic mass is 10.1. The molecule has 29 heavy (non-hydrogen) atoms. The zero-order chi connectivity index (χ0) is 20.6. The van der Waals surface area contributed by atoms with Gasteiger partial charge in [-0.05, 0) is 43.2 Å². The van der Waals surface area contributed by atoms with Crippen molar-refractivity contribution in [3.63, 3.8) is 0 Å². The van der Waals surface area contributed by atoms with E-state index in [1.165, 1.54) is 12.3 Å². The van der Waals surface area contributed by atoms with Crippen LogP contribution in [0.15, 0.2) is 60.8 Å². The van der Waals surface area contributed by atoms with Crippen molar-refractivity contribution in [2.24, 2.45) is 0 Å². The number of hydrogen-bond donors (Lipinski definition) is 2. The van der Waals surface area contributed by atoms with Crippen molar-refractivity contribution < 1.29 is 14.3 Å². The minimum atomic E-state index is -0.442. The van der Waals surface area contributed by atoms with E-state index < -0.39 is 5.97 Å². The first-order valence-electron chi connectivity index (χ1n) is 9.27. The fraction of sp³-hybridized carbons (Fsp3) is 0.182. The van der Waals surface area contributed by atoms with Gasteiger partial charge in [-0.3, -0.25) is 4.79 Å². The Morgan fingerprint density at radius 3 is 2.59 bits per heavy atom. The van der Waals surface area contributed by atoms with Crippen LogP contribution in [0.1, 0.15) is 38.9 Å². The van der Waals surface area contributed by atoms with Gasteiger partial charge in [0.25, 0.3) is 5.91 Å². The van der Waals surface area contributed by atoms with Crippen LogP contribution in [-0.4, -0.2) is 28.5 Å². The van der Waals surface area contributed by atoms with Gasteiger partial charge in [0.2, 0.25) is 5.95 Å². The Balaban J connectivity index is 1.72. The fourth-order valence-electron chi connectivity index (χ4n) is 2.72. The maximum absolute atomic E-state index is 12.5. The van der Waals surface area contributed by atoms with Gasteiger partial charge >= 0.3 is 5.97 Å². The first-order valence-corrected chi connectivity index (χ1v) is 9.27. The molecule has 0 bridgehead atoms. The second kappa shape index (κ2) is 9.45. The number of anilines is 2. The van der Waals surface area contributed by atoms with Crippen LogP contribution >= 0.6 is 0 Å². The molecule has 1 amide bonds. The van der Waals surface area contributed by atoms with E-state index >= 15 is 0 Å². The number of carbonyl (C=O) groups excluding carboxylic acids is 2. The third-order valence-corrected chi connectivity index (χ3v) is 4.26. The van der Waals surface area contributed by atoms with Gasteiger partial charge in [-0.25, -0.2) is 14.8 Å². The van der Waals surface area contributed by atoms with Crippen LogP contribution in [0.2, 0.25) is 0 Å². The average molecular weight is 390 g/mol. The molecule has 3 rings (SSSR count). The first kappa shape index (κ1) is 20.0. The SMILES string of the molecule is CCOC(=O)c1ccccc1Nc1nccc(C(=O)NCc2ccccc2C)n1. The third-order valence-electron chi connectivity index (χ3n) is 4.26. The normalized spacial score (nSPS) is 10.3. The molecule has 0 spiro atoms. The number of ether oxygens (including phenoxy) is 1. The van der Waals surface area contributed by atoms with Crippen molar-refractivity contribution >= 4 is 23.5 Å². The number of esters is 1. The Labute approximate surface area is 169 Å². The molecule has 0 radical (unpaired) electrons. The van der Waals surface area contributed by atoms with Crippen LogP contribution in [-0.2, 0) is 11.3 Å². The van der Waals surface area contributed by atoms with Gasteiger partial charge in [0.1, 0.15) is 5.69 Å². The van der Waals surface area contributed by atoms with Crippen molar-refractivity contribution in [3.05, 3.63) is 83.2 Å². The topological polar surface area (TPSA) is 93.2 Å². The molecule has 1 heterocycles. The van der Waals surface area contributed by atoms with E-state index in [0.29, 0.717) is 17.8 Å². The maximum Gasteiger partial charge on any atom is 0.340 e. The van der Waals surface area contributed by atoms with Crippen LogP contribution in [0.5, 0.6) is 0 Å². The van der Waals surface area contributed by atoms with E-state index in [0.717, 1.165) is 11.1 Å². The van der Waals surface area contributed by atoms with Crippen LogP contribution in [0, 0.1) is 6.92 Å². The molecule has 0 saturated heterocycles. The number of aryl methyl sites for hydroxylation is 1. The first-order chi connectivity index (χ1) is 14.1. The lowest BCUT2D eigenvalue weighted by Gasteiger charge is -2.11.